The number of nitrogens with zero attached hydrogens (tertiary/aromatic N) is 1. The van der Waals surface area contributed by atoms with Crippen LogP contribution in [0.25, 0.3) is 0 Å². The van der Waals surface area contributed by atoms with Crippen LogP contribution < -0.4 is 5.32 Å². The summed E-state index contributed by atoms with van der Waals surface area (Å²) in [4.78, 5) is 0. The molecule has 3 rings (SSSR count). The van der Waals surface area contributed by atoms with Gasteiger partial charge in [-0.2, -0.15) is 0 Å². The number of hydrogen-bond donors (Lipinski definition) is 1. The van der Waals surface area contributed by atoms with Crippen LogP contribution in [0.3, 0.4) is 0 Å². The first-order valence-electron chi connectivity index (χ1n) is 6.28. The maximum Gasteiger partial charge on any atom is 0.0601 e. The second kappa shape index (κ2) is 4.72. The normalized spacial score (nSPS) is 21.5. The molecule has 1 N–H and O–H groups in total. The van der Waals surface area contributed by atoms with Gasteiger partial charge in [0.25, 0.3) is 0 Å². The number of aromatic nitrogens is 1. The molecule has 2 atom stereocenters. The fourth-order valence-electron chi connectivity index (χ4n) is 2.82. The Kier molecular flexibility index (Phi) is 2.92. The summed E-state index contributed by atoms with van der Waals surface area (Å²) >= 11 is 0. The number of fused-ring (bicyclic) bond motifs is 1. The average Bonchev–Trinajstić information content (AvgIpc) is 3.04. The van der Waals surface area contributed by atoms with Gasteiger partial charge < -0.3 is 4.57 Å². The van der Waals surface area contributed by atoms with Crippen LogP contribution in [0.1, 0.15) is 29.6 Å². The molecule has 2 nitrogen and oxygen atoms in total. The van der Waals surface area contributed by atoms with Gasteiger partial charge in [-0.15, -0.1) is 6.42 Å². The Morgan fingerprint density at radius 2 is 1.89 bits per heavy atom. The summed E-state index contributed by atoms with van der Waals surface area (Å²) < 4.78 is 2.27. The summed E-state index contributed by atoms with van der Waals surface area (Å²) in [5.41, 5.74) is 2.79. The van der Waals surface area contributed by atoms with Gasteiger partial charge in [0.1, 0.15) is 0 Å². The number of terminal acetylenes is 1. The summed E-state index contributed by atoms with van der Waals surface area (Å²) in [6.07, 6.45) is 10.7. The molecule has 1 heterocycles. The molecule has 0 saturated heterocycles. The molecule has 2 aromatic rings. The van der Waals surface area contributed by atoms with Crippen LogP contribution in [0.5, 0.6) is 0 Å². The van der Waals surface area contributed by atoms with Crippen molar-refractivity contribution in [1.29, 1.82) is 0 Å². The van der Waals surface area contributed by atoms with Gasteiger partial charge in [0, 0.05) is 18.4 Å². The molecule has 0 bridgehead atoms. The number of rotatable bonds is 3. The van der Waals surface area contributed by atoms with E-state index >= 15 is 0 Å². The number of nitrogens with one attached hydrogen (secondary N) is 1. The maximum absolute atomic E-state index is 5.34. The van der Waals surface area contributed by atoms with Crippen molar-refractivity contribution in [2.75, 3.05) is 6.54 Å². The monoisotopic (exact) mass is 236 g/mol. The zero-order valence-corrected chi connectivity index (χ0v) is 10.2. The first kappa shape index (κ1) is 11.1. The Morgan fingerprint density at radius 1 is 1.17 bits per heavy atom. The minimum absolute atomic E-state index is 0.365. The molecule has 1 aliphatic rings. The molecule has 1 aromatic heterocycles. The summed E-state index contributed by atoms with van der Waals surface area (Å²) in [6, 6.07) is 13.6. The lowest BCUT2D eigenvalue weighted by Crippen LogP contribution is -2.19. The molecule has 2 unspecified atom stereocenters. The van der Waals surface area contributed by atoms with E-state index in [2.05, 4.69) is 64.6 Å². The first-order chi connectivity index (χ1) is 8.90. The van der Waals surface area contributed by atoms with E-state index < -0.39 is 0 Å². The average molecular weight is 236 g/mol. The van der Waals surface area contributed by atoms with Crippen molar-refractivity contribution in [2.24, 2.45) is 0 Å². The Hall–Kier alpha value is -1.98. The molecule has 0 saturated carbocycles. The fraction of sp³-hybridized carbons (Fsp3) is 0.250. The molecule has 1 aliphatic carbocycles. The van der Waals surface area contributed by atoms with E-state index in [1.165, 1.54) is 11.1 Å². The fourth-order valence-corrected chi connectivity index (χ4v) is 2.82. The van der Waals surface area contributed by atoms with E-state index in [0.717, 1.165) is 6.42 Å². The minimum atomic E-state index is 0.365. The highest BCUT2D eigenvalue weighted by molar-refractivity contribution is 5.38. The van der Waals surface area contributed by atoms with E-state index in [1.807, 2.05) is 0 Å². The summed E-state index contributed by atoms with van der Waals surface area (Å²) in [7, 11) is 0. The number of hydrogen-bond acceptors (Lipinski definition) is 1. The van der Waals surface area contributed by atoms with E-state index in [-0.39, 0.29) is 0 Å². The highest BCUT2D eigenvalue weighted by Crippen LogP contribution is 2.40. The largest absolute Gasteiger partial charge is 0.347 e. The third-order valence-corrected chi connectivity index (χ3v) is 3.63. The van der Waals surface area contributed by atoms with Gasteiger partial charge in [-0.05, 0) is 29.7 Å². The standard InChI is InChI=1S/C16H16N2/c1-2-9-17-15-12-16(18-10-5-6-11-18)14-8-4-3-7-13(14)15/h1,3-8,10-11,15-17H,9,12H2. The summed E-state index contributed by atoms with van der Waals surface area (Å²) in [6.45, 7) is 0.622. The molecule has 18 heavy (non-hydrogen) atoms. The van der Waals surface area contributed by atoms with Crippen molar-refractivity contribution in [3.8, 4) is 12.3 Å². The third kappa shape index (κ3) is 1.83. The van der Waals surface area contributed by atoms with Crippen molar-refractivity contribution in [1.82, 2.24) is 9.88 Å². The molecule has 0 radical (unpaired) electrons. The lowest BCUT2D eigenvalue weighted by Gasteiger charge is -2.14. The lowest BCUT2D eigenvalue weighted by atomic mass is 10.1. The van der Waals surface area contributed by atoms with Crippen molar-refractivity contribution >= 4 is 0 Å². The predicted molar refractivity (Wildman–Crippen MR) is 73.2 cm³/mol. The van der Waals surface area contributed by atoms with Gasteiger partial charge in [-0.1, -0.05) is 30.2 Å². The molecule has 0 amide bonds. The van der Waals surface area contributed by atoms with Crippen LogP contribution in [0.4, 0.5) is 0 Å². The van der Waals surface area contributed by atoms with Gasteiger partial charge >= 0.3 is 0 Å². The van der Waals surface area contributed by atoms with Crippen LogP contribution in [0.15, 0.2) is 48.8 Å². The molecule has 90 valence electrons. The Labute approximate surface area is 108 Å². The van der Waals surface area contributed by atoms with Crippen molar-refractivity contribution in [3.05, 3.63) is 59.9 Å². The first-order valence-corrected chi connectivity index (χ1v) is 6.28. The second-order valence-electron chi connectivity index (χ2n) is 4.65. The topological polar surface area (TPSA) is 17.0 Å². The highest BCUT2D eigenvalue weighted by Gasteiger charge is 2.30. The summed E-state index contributed by atoms with van der Waals surface area (Å²) in [5, 5.41) is 3.43. The zero-order chi connectivity index (χ0) is 12.4. The summed E-state index contributed by atoms with van der Waals surface area (Å²) in [5.74, 6) is 2.66. The van der Waals surface area contributed by atoms with E-state index in [0.29, 0.717) is 18.6 Å². The SMILES string of the molecule is C#CCNC1CC(n2cccc2)c2ccccc21. The zero-order valence-electron chi connectivity index (χ0n) is 10.2. The van der Waals surface area contributed by atoms with E-state index in [4.69, 9.17) is 6.42 Å². The van der Waals surface area contributed by atoms with Crippen molar-refractivity contribution < 1.29 is 0 Å². The highest BCUT2D eigenvalue weighted by atomic mass is 15.0. The van der Waals surface area contributed by atoms with E-state index in [1.54, 1.807) is 0 Å². The van der Waals surface area contributed by atoms with Crippen molar-refractivity contribution in [3.63, 3.8) is 0 Å². The van der Waals surface area contributed by atoms with Gasteiger partial charge in [-0.25, -0.2) is 0 Å². The van der Waals surface area contributed by atoms with Crippen molar-refractivity contribution in [2.45, 2.75) is 18.5 Å². The second-order valence-corrected chi connectivity index (χ2v) is 4.65. The Bertz CT molecular complexity index is 563. The van der Waals surface area contributed by atoms with Crippen LogP contribution >= 0.6 is 0 Å². The Balaban J connectivity index is 1.94. The van der Waals surface area contributed by atoms with Crippen LogP contribution in [0.2, 0.25) is 0 Å². The van der Waals surface area contributed by atoms with Crippen LogP contribution in [0, 0.1) is 12.3 Å². The quantitative estimate of drug-likeness (QED) is 0.811. The van der Waals surface area contributed by atoms with Gasteiger partial charge in [-0.3, -0.25) is 5.32 Å². The number of benzene rings is 1. The minimum Gasteiger partial charge on any atom is -0.347 e. The molecule has 0 spiro atoms. The molecular weight excluding hydrogens is 220 g/mol. The van der Waals surface area contributed by atoms with Crippen LogP contribution in [-0.4, -0.2) is 11.1 Å². The molecule has 1 aromatic carbocycles. The molecule has 0 fully saturated rings. The Morgan fingerprint density at radius 3 is 2.61 bits per heavy atom. The molecule has 0 aliphatic heterocycles. The molecular formula is C16H16N2. The van der Waals surface area contributed by atoms with Gasteiger partial charge in [0.2, 0.25) is 0 Å². The van der Waals surface area contributed by atoms with E-state index in [9.17, 15) is 0 Å². The van der Waals surface area contributed by atoms with Gasteiger partial charge in [0.15, 0.2) is 0 Å². The third-order valence-electron chi connectivity index (χ3n) is 3.63. The smallest absolute Gasteiger partial charge is 0.0601 e. The predicted octanol–water partition coefficient (Wildman–Crippen LogP) is 2.75. The molecule has 2 heteroatoms. The van der Waals surface area contributed by atoms with Gasteiger partial charge in [0.05, 0.1) is 12.6 Å². The lowest BCUT2D eigenvalue weighted by molar-refractivity contribution is 0.483. The maximum atomic E-state index is 5.34. The van der Waals surface area contributed by atoms with Crippen LogP contribution in [-0.2, 0) is 0 Å².